The van der Waals surface area contributed by atoms with E-state index in [-0.39, 0.29) is 11.3 Å². The van der Waals surface area contributed by atoms with Gasteiger partial charge in [-0.2, -0.15) is 5.10 Å². The fourth-order valence-corrected chi connectivity index (χ4v) is 2.20. The normalized spacial score (nSPS) is 10.8. The van der Waals surface area contributed by atoms with E-state index in [4.69, 9.17) is 4.42 Å². The number of nitrogens with one attached hydrogen (secondary N) is 1. The highest BCUT2D eigenvalue weighted by Gasteiger charge is 2.10. The molecule has 1 N–H and O–H groups in total. The van der Waals surface area contributed by atoms with Crippen LogP contribution in [0.25, 0.3) is 11.3 Å². The summed E-state index contributed by atoms with van der Waals surface area (Å²) in [6.45, 7) is 0. The molecule has 0 aliphatic rings. The van der Waals surface area contributed by atoms with Crippen LogP contribution in [0.3, 0.4) is 0 Å². The highest BCUT2D eigenvalue weighted by atomic mass is 19.1. The first kappa shape index (κ1) is 17.0. The van der Waals surface area contributed by atoms with E-state index in [1.807, 2.05) is 0 Å². The van der Waals surface area contributed by atoms with Crippen molar-refractivity contribution in [2.75, 3.05) is 0 Å². The standard InChI is InChI=1S/C18H12FN3O4/c19-14-5-1-4-13(9-14)18(23)21-20-11-16-7-8-17(26-16)12-3-2-6-15(10-12)22(24)25/h1-11H,(H,21,23)/b20-11+. The lowest BCUT2D eigenvalue weighted by Crippen LogP contribution is -2.17. The van der Waals surface area contributed by atoms with E-state index in [9.17, 15) is 19.3 Å². The number of nitro benzene ring substituents is 1. The van der Waals surface area contributed by atoms with Crippen molar-refractivity contribution in [3.05, 3.63) is 87.9 Å². The summed E-state index contributed by atoms with van der Waals surface area (Å²) < 4.78 is 18.6. The Bertz CT molecular complexity index is 997. The molecule has 0 radical (unpaired) electrons. The Morgan fingerprint density at radius 2 is 1.96 bits per heavy atom. The van der Waals surface area contributed by atoms with Crippen molar-refractivity contribution < 1.29 is 18.5 Å². The summed E-state index contributed by atoms with van der Waals surface area (Å²) in [4.78, 5) is 22.2. The van der Waals surface area contributed by atoms with Gasteiger partial charge in [-0.3, -0.25) is 14.9 Å². The fourth-order valence-electron chi connectivity index (χ4n) is 2.20. The number of carbonyl (C=O) groups excluding carboxylic acids is 1. The van der Waals surface area contributed by atoms with Crippen molar-refractivity contribution >= 4 is 17.8 Å². The van der Waals surface area contributed by atoms with Crippen LogP contribution in [0, 0.1) is 15.9 Å². The first-order valence-electron chi connectivity index (χ1n) is 7.46. The average Bonchev–Trinajstić information content (AvgIpc) is 3.10. The second kappa shape index (κ2) is 7.39. The van der Waals surface area contributed by atoms with Gasteiger partial charge >= 0.3 is 0 Å². The van der Waals surface area contributed by atoms with Crippen LogP contribution in [0.1, 0.15) is 16.1 Å². The molecule has 3 aromatic rings. The second-order valence-corrected chi connectivity index (χ2v) is 5.22. The number of carbonyl (C=O) groups is 1. The van der Waals surface area contributed by atoms with Gasteiger partial charge in [0.2, 0.25) is 0 Å². The molecule has 130 valence electrons. The van der Waals surface area contributed by atoms with Crippen LogP contribution in [-0.2, 0) is 0 Å². The van der Waals surface area contributed by atoms with Crippen LogP contribution in [0.2, 0.25) is 0 Å². The lowest BCUT2D eigenvalue weighted by atomic mass is 10.1. The van der Waals surface area contributed by atoms with Crippen LogP contribution in [0.5, 0.6) is 0 Å². The minimum absolute atomic E-state index is 0.0449. The molecule has 0 unspecified atom stereocenters. The van der Waals surface area contributed by atoms with E-state index in [2.05, 4.69) is 10.5 Å². The first-order valence-corrected chi connectivity index (χ1v) is 7.46. The Hall–Kier alpha value is -3.81. The lowest BCUT2D eigenvalue weighted by molar-refractivity contribution is -0.384. The third-order valence-electron chi connectivity index (χ3n) is 3.41. The quantitative estimate of drug-likeness (QED) is 0.429. The number of hydrazone groups is 1. The predicted octanol–water partition coefficient (Wildman–Crippen LogP) is 3.76. The molecule has 1 heterocycles. The summed E-state index contributed by atoms with van der Waals surface area (Å²) in [6.07, 6.45) is 1.28. The largest absolute Gasteiger partial charge is 0.455 e. The SMILES string of the molecule is O=C(N/N=C/c1ccc(-c2cccc([N+](=O)[O-])c2)o1)c1cccc(F)c1. The van der Waals surface area contributed by atoms with Crippen molar-refractivity contribution in [3.63, 3.8) is 0 Å². The van der Waals surface area contributed by atoms with E-state index in [0.717, 1.165) is 6.07 Å². The number of nitro groups is 1. The Balaban J connectivity index is 1.68. The average molecular weight is 353 g/mol. The molecule has 0 aliphatic carbocycles. The number of benzene rings is 2. The van der Waals surface area contributed by atoms with Gasteiger partial charge < -0.3 is 4.42 Å². The molecule has 8 heteroatoms. The van der Waals surface area contributed by atoms with Gasteiger partial charge in [0.05, 0.1) is 11.1 Å². The number of amides is 1. The molecule has 0 saturated carbocycles. The maximum atomic E-state index is 13.1. The molecule has 0 atom stereocenters. The maximum absolute atomic E-state index is 13.1. The van der Waals surface area contributed by atoms with Gasteiger partial charge in [0.15, 0.2) is 0 Å². The molecule has 7 nitrogen and oxygen atoms in total. The molecular weight excluding hydrogens is 341 g/mol. The molecule has 0 fully saturated rings. The summed E-state index contributed by atoms with van der Waals surface area (Å²) in [5, 5.41) is 14.6. The minimum atomic E-state index is -0.564. The van der Waals surface area contributed by atoms with Crippen molar-refractivity contribution in [1.82, 2.24) is 5.43 Å². The summed E-state index contributed by atoms with van der Waals surface area (Å²) in [7, 11) is 0. The number of halogens is 1. The smallest absolute Gasteiger partial charge is 0.271 e. The van der Waals surface area contributed by atoms with Crippen molar-refractivity contribution in [2.24, 2.45) is 5.10 Å². The van der Waals surface area contributed by atoms with E-state index >= 15 is 0 Å². The molecule has 1 amide bonds. The number of non-ortho nitro benzene ring substituents is 1. The van der Waals surface area contributed by atoms with Crippen molar-refractivity contribution in [3.8, 4) is 11.3 Å². The Morgan fingerprint density at radius 1 is 1.15 bits per heavy atom. The molecule has 2 aromatic carbocycles. The minimum Gasteiger partial charge on any atom is -0.455 e. The molecule has 3 rings (SSSR count). The van der Waals surface area contributed by atoms with Crippen LogP contribution < -0.4 is 5.43 Å². The first-order chi connectivity index (χ1) is 12.5. The number of rotatable bonds is 5. The van der Waals surface area contributed by atoms with Gasteiger partial charge in [-0.1, -0.05) is 18.2 Å². The molecular formula is C18H12FN3O4. The van der Waals surface area contributed by atoms with Crippen molar-refractivity contribution in [1.29, 1.82) is 0 Å². The van der Waals surface area contributed by atoms with E-state index < -0.39 is 16.6 Å². The fraction of sp³-hybridized carbons (Fsp3) is 0. The van der Waals surface area contributed by atoms with Crippen LogP contribution in [0.15, 0.2) is 70.2 Å². The number of hydrogen-bond acceptors (Lipinski definition) is 5. The topological polar surface area (TPSA) is 97.7 Å². The summed E-state index contributed by atoms with van der Waals surface area (Å²) >= 11 is 0. The molecule has 0 bridgehead atoms. The highest BCUT2D eigenvalue weighted by molar-refractivity contribution is 5.94. The van der Waals surface area contributed by atoms with Crippen molar-refractivity contribution in [2.45, 2.75) is 0 Å². The number of hydrogen-bond donors (Lipinski definition) is 1. The van der Waals surface area contributed by atoms with E-state index in [0.29, 0.717) is 17.1 Å². The van der Waals surface area contributed by atoms with Crippen LogP contribution >= 0.6 is 0 Å². The molecule has 0 saturated heterocycles. The van der Waals surface area contributed by atoms with E-state index in [1.54, 1.807) is 24.3 Å². The number of nitrogens with zero attached hydrogens (tertiary/aromatic N) is 2. The summed E-state index contributed by atoms with van der Waals surface area (Å²) in [5.74, 6) is -0.321. The molecule has 1 aromatic heterocycles. The maximum Gasteiger partial charge on any atom is 0.271 e. The second-order valence-electron chi connectivity index (χ2n) is 5.22. The third kappa shape index (κ3) is 3.99. The lowest BCUT2D eigenvalue weighted by Gasteiger charge is -1.99. The zero-order valence-corrected chi connectivity index (χ0v) is 13.3. The predicted molar refractivity (Wildman–Crippen MR) is 92.3 cm³/mol. The Labute approximate surface area is 146 Å². The van der Waals surface area contributed by atoms with Gasteiger partial charge in [0, 0.05) is 23.3 Å². The zero-order valence-electron chi connectivity index (χ0n) is 13.3. The van der Waals surface area contributed by atoms with E-state index in [1.165, 1.54) is 36.5 Å². The summed E-state index contributed by atoms with van der Waals surface area (Å²) in [5.41, 5.74) is 2.90. The number of furan rings is 1. The van der Waals surface area contributed by atoms with Crippen LogP contribution in [-0.4, -0.2) is 17.0 Å². The zero-order chi connectivity index (χ0) is 18.5. The third-order valence-corrected chi connectivity index (χ3v) is 3.41. The molecule has 26 heavy (non-hydrogen) atoms. The monoisotopic (exact) mass is 353 g/mol. The molecule has 0 spiro atoms. The van der Waals surface area contributed by atoms with Gasteiger partial charge in [-0.05, 0) is 30.3 Å². The van der Waals surface area contributed by atoms with Gasteiger partial charge in [-0.25, -0.2) is 9.82 Å². The van der Waals surface area contributed by atoms with Gasteiger partial charge in [0.25, 0.3) is 11.6 Å². The van der Waals surface area contributed by atoms with Gasteiger partial charge in [0.1, 0.15) is 17.3 Å². The Kier molecular flexibility index (Phi) is 4.84. The molecule has 0 aliphatic heterocycles. The highest BCUT2D eigenvalue weighted by Crippen LogP contribution is 2.25. The van der Waals surface area contributed by atoms with Crippen LogP contribution in [0.4, 0.5) is 10.1 Å². The van der Waals surface area contributed by atoms with Gasteiger partial charge in [-0.15, -0.1) is 0 Å². The summed E-state index contributed by atoms with van der Waals surface area (Å²) in [6, 6.07) is 14.5. The Morgan fingerprint density at radius 3 is 2.73 bits per heavy atom.